The Morgan fingerprint density at radius 2 is 1.90 bits per heavy atom. The van der Waals surface area contributed by atoms with E-state index in [9.17, 15) is 12.8 Å². The maximum atomic E-state index is 13.4. The molecule has 1 N–H and O–H groups in total. The largest absolute Gasteiger partial charge is 0.487 e. The number of unbranched alkanes of at least 4 members (excludes halogenated alkanes) is 3. The van der Waals surface area contributed by atoms with Crippen LogP contribution in [0.4, 0.5) is 15.9 Å². The average Bonchev–Trinajstić information content (AvgIpc) is 3.32. The molecule has 0 amide bonds. The van der Waals surface area contributed by atoms with Gasteiger partial charge in [-0.1, -0.05) is 55.8 Å². The highest BCUT2D eigenvalue weighted by molar-refractivity contribution is 7.90. The summed E-state index contributed by atoms with van der Waals surface area (Å²) < 4.78 is 42.4. The van der Waals surface area contributed by atoms with Gasteiger partial charge in [-0.25, -0.2) is 22.8 Å². The van der Waals surface area contributed by atoms with Crippen molar-refractivity contribution >= 4 is 54.5 Å². The van der Waals surface area contributed by atoms with Gasteiger partial charge in [-0.05, 0) is 54.8 Å². The molecule has 2 heterocycles. The molecule has 0 unspecified atom stereocenters. The van der Waals surface area contributed by atoms with Crippen molar-refractivity contribution < 1.29 is 17.5 Å². The van der Waals surface area contributed by atoms with Gasteiger partial charge in [0.15, 0.2) is 5.82 Å². The highest BCUT2D eigenvalue weighted by atomic mass is 35.5. The fourth-order valence-corrected chi connectivity index (χ4v) is 5.42. The third-order valence-electron chi connectivity index (χ3n) is 5.32. The number of hydrogen-bond donors (Lipinski definition) is 1. The van der Waals surface area contributed by atoms with Gasteiger partial charge in [0.25, 0.3) is 0 Å². The summed E-state index contributed by atoms with van der Waals surface area (Å²) in [5.74, 6) is 7.39. The van der Waals surface area contributed by atoms with Crippen LogP contribution < -0.4 is 10.1 Å². The molecule has 0 bridgehead atoms. The Morgan fingerprint density at radius 1 is 1.08 bits per heavy atom. The van der Waals surface area contributed by atoms with Gasteiger partial charge in [0, 0.05) is 24.1 Å². The second-order valence-corrected chi connectivity index (χ2v) is 12.2. The summed E-state index contributed by atoms with van der Waals surface area (Å²) in [6, 6.07) is 13.5. The van der Waals surface area contributed by atoms with Crippen LogP contribution in [0.15, 0.2) is 54.9 Å². The Kier molecular flexibility index (Phi) is 11.5. The number of ether oxygens (including phenoxy) is 1. The predicted octanol–water partition coefficient (Wildman–Crippen LogP) is 7.79. The average molecular weight is 588 g/mol. The number of halogens is 2. The molecule has 6 nitrogen and oxygen atoms in total. The summed E-state index contributed by atoms with van der Waals surface area (Å²) in [7, 11) is -2.90. The molecule has 39 heavy (non-hydrogen) atoms. The molecule has 0 saturated carbocycles. The van der Waals surface area contributed by atoms with Crippen LogP contribution >= 0.6 is 22.9 Å². The van der Waals surface area contributed by atoms with Crippen LogP contribution in [-0.4, -0.2) is 30.4 Å². The summed E-state index contributed by atoms with van der Waals surface area (Å²) in [6.45, 7) is 4.20. The number of rotatable bonds is 10. The van der Waals surface area contributed by atoms with E-state index >= 15 is 0 Å². The fourth-order valence-electron chi connectivity index (χ4n) is 3.53. The number of nitrogens with zero attached hydrogens (tertiary/aromatic N) is 2. The number of nitrogens with one attached hydrogen (secondary N) is 1. The number of sulfone groups is 1. The van der Waals surface area contributed by atoms with Gasteiger partial charge in [0.1, 0.15) is 34.3 Å². The Balaban J connectivity index is 0.00000205. The second-order valence-electron chi connectivity index (χ2n) is 8.48. The SMILES string of the molecule is CC.CS(=O)(=O)CCCCCC#Cc1cc2ncnc(Nc3ccc(OCc4cccc(F)c4)c(Cl)c3)c2s1. The van der Waals surface area contributed by atoms with Gasteiger partial charge in [-0.3, -0.25) is 0 Å². The standard InChI is InChI=1S/C27H25ClFN3O3S2.C2H6/c1-37(33,34)13-6-4-2-3-5-10-22-16-24-26(36-22)27(31-18-30-24)32-21-11-12-25(23(28)15-21)35-17-19-8-7-9-20(29)14-19;1-2/h7-9,11-12,14-16,18H,2-4,6,13,17H2,1H3,(H,30,31,32);1-2H3. The lowest BCUT2D eigenvalue weighted by Gasteiger charge is -2.11. The third kappa shape index (κ3) is 9.81. The van der Waals surface area contributed by atoms with Crippen LogP contribution in [0.3, 0.4) is 0 Å². The molecule has 0 saturated heterocycles. The van der Waals surface area contributed by atoms with E-state index in [1.54, 1.807) is 24.3 Å². The molecule has 0 aliphatic carbocycles. The van der Waals surface area contributed by atoms with Crippen molar-refractivity contribution in [3.05, 3.63) is 76.1 Å². The first-order valence-corrected chi connectivity index (χ1v) is 15.9. The highest BCUT2D eigenvalue weighted by Gasteiger charge is 2.10. The monoisotopic (exact) mass is 587 g/mol. The van der Waals surface area contributed by atoms with Crippen molar-refractivity contribution in [1.29, 1.82) is 0 Å². The fraction of sp³-hybridized carbons (Fsp3) is 0.310. The van der Waals surface area contributed by atoms with Crippen molar-refractivity contribution in [3.63, 3.8) is 0 Å². The molecule has 4 aromatic rings. The molecule has 0 radical (unpaired) electrons. The summed E-state index contributed by atoms with van der Waals surface area (Å²) in [5.41, 5.74) is 2.24. The zero-order chi connectivity index (χ0) is 28.3. The van der Waals surface area contributed by atoms with Crippen molar-refractivity contribution in [1.82, 2.24) is 9.97 Å². The van der Waals surface area contributed by atoms with Crippen LogP contribution in [-0.2, 0) is 16.4 Å². The highest BCUT2D eigenvalue weighted by Crippen LogP contribution is 2.33. The van der Waals surface area contributed by atoms with E-state index in [0.29, 0.717) is 35.0 Å². The second kappa shape index (κ2) is 14.8. The third-order valence-corrected chi connectivity index (χ3v) is 7.69. The number of fused-ring (bicyclic) bond motifs is 1. The zero-order valence-electron chi connectivity index (χ0n) is 22.1. The molecular formula is C29H31ClFN3O3S2. The van der Waals surface area contributed by atoms with Crippen LogP contribution in [0.2, 0.25) is 5.02 Å². The number of benzene rings is 2. The summed E-state index contributed by atoms with van der Waals surface area (Å²) in [6.07, 6.45) is 5.83. The van der Waals surface area contributed by atoms with Crippen LogP contribution in [0.1, 0.15) is 50.0 Å². The minimum Gasteiger partial charge on any atom is -0.487 e. The van der Waals surface area contributed by atoms with E-state index in [4.69, 9.17) is 16.3 Å². The number of hydrogen-bond acceptors (Lipinski definition) is 7. The molecule has 0 atom stereocenters. The van der Waals surface area contributed by atoms with Gasteiger partial charge in [-0.15, -0.1) is 11.3 Å². The van der Waals surface area contributed by atoms with Crippen molar-refractivity contribution in [2.45, 2.75) is 46.1 Å². The zero-order valence-corrected chi connectivity index (χ0v) is 24.5. The Morgan fingerprint density at radius 3 is 2.64 bits per heavy atom. The van der Waals surface area contributed by atoms with E-state index in [2.05, 4.69) is 27.1 Å². The molecule has 0 fully saturated rings. The van der Waals surface area contributed by atoms with Crippen molar-refractivity contribution in [2.24, 2.45) is 0 Å². The first-order valence-electron chi connectivity index (χ1n) is 12.6. The molecule has 0 aliphatic heterocycles. The Hall–Kier alpha value is -3.19. The first kappa shape index (κ1) is 30.4. The van der Waals surface area contributed by atoms with Crippen LogP contribution in [0.25, 0.3) is 10.2 Å². The van der Waals surface area contributed by atoms with Crippen molar-refractivity contribution in [3.8, 4) is 17.6 Å². The predicted molar refractivity (Wildman–Crippen MR) is 159 cm³/mol. The van der Waals surface area contributed by atoms with Crippen LogP contribution in [0, 0.1) is 17.7 Å². The Labute approximate surface area is 238 Å². The summed E-state index contributed by atoms with van der Waals surface area (Å²) in [4.78, 5) is 9.61. The molecule has 4 rings (SSSR count). The smallest absolute Gasteiger partial charge is 0.151 e. The number of aromatic nitrogens is 2. The van der Waals surface area contributed by atoms with Crippen LogP contribution in [0.5, 0.6) is 5.75 Å². The van der Waals surface area contributed by atoms with E-state index in [1.165, 1.54) is 36.1 Å². The van der Waals surface area contributed by atoms with E-state index in [0.717, 1.165) is 33.6 Å². The van der Waals surface area contributed by atoms with Gasteiger partial charge in [-0.2, -0.15) is 0 Å². The quantitative estimate of drug-likeness (QED) is 0.151. The lowest BCUT2D eigenvalue weighted by atomic mass is 10.2. The van der Waals surface area contributed by atoms with Gasteiger partial charge in [0.05, 0.1) is 20.1 Å². The molecule has 206 valence electrons. The van der Waals surface area contributed by atoms with Crippen molar-refractivity contribution in [2.75, 3.05) is 17.3 Å². The summed E-state index contributed by atoms with van der Waals surface area (Å²) >= 11 is 7.92. The molecule has 2 aromatic carbocycles. The molecule has 2 aromatic heterocycles. The summed E-state index contributed by atoms with van der Waals surface area (Å²) in [5, 5.41) is 3.70. The van der Waals surface area contributed by atoms with E-state index < -0.39 is 9.84 Å². The number of anilines is 2. The van der Waals surface area contributed by atoms with Gasteiger partial charge >= 0.3 is 0 Å². The molecule has 0 aliphatic rings. The first-order chi connectivity index (χ1) is 18.8. The van der Waals surface area contributed by atoms with Gasteiger partial charge < -0.3 is 10.1 Å². The molecule has 10 heteroatoms. The van der Waals surface area contributed by atoms with Gasteiger partial charge in [0.2, 0.25) is 0 Å². The Bertz CT molecular complexity index is 1560. The maximum Gasteiger partial charge on any atom is 0.151 e. The minimum atomic E-state index is -2.90. The molecular weight excluding hydrogens is 557 g/mol. The minimum absolute atomic E-state index is 0.205. The topological polar surface area (TPSA) is 81.2 Å². The lowest BCUT2D eigenvalue weighted by Crippen LogP contribution is -2.02. The maximum absolute atomic E-state index is 13.4. The lowest BCUT2D eigenvalue weighted by molar-refractivity contribution is 0.306. The van der Waals surface area contributed by atoms with E-state index in [1.807, 2.05) is 26.0 Å². The number of thiophene rings is 1. The molecule has 0 spiro atoms. The normalized spacial score (nSPS) is 10.8. The van der Waals surface area contributed by atoms with E-state index in [-0.39, 0.29) is 18.2 Å².